The standard InChI is InChI=1S/C20H24N8O2/c1-5-13-10-16(24-12(3)23-13)26-17-11-14(18(28-27-17)20(29)21-6-2)25-19-15(30-4)8-7-9-22-19/h7-11H,5-6H2,1-4H3,(H,21,29)(H2,22,23,24,25,26,27). The Morgan fingerprint density at radius 3 is 2.67 bits per heavy atom. The molecule has 0 aliphatic rings. The topological polar surface area (TPSA) is 127 Å². The van der Waals surface area contributed by atoms with Crippen molar-refractivity contribution in [3.63, 3.8) is 0 Å². The molecule has 0 atom stereocenters. The summed E-state index contributed by atoms with van der Waals surface area (Å²) in [5, 5.41) is 17.2. The molecule has 3 N–H and O–H groups in total. The van der Waals surface area contributed by atoms with Gasteiger partial charge in [-0.2, -0.15) is 0 Å². The molecule has 0 aliphatic heterocycles. The lowest BCUT2D eigenvalue weighted by molar-refractivity contribution is 0.0951. The number of aromatic nitrogens is 5. The maximum Gasteiger partial charge on any atom is 0.273 e. The molecule has 3 heterocycles. The fraction of sp³-hybridized carbons (Fsp3) is 0.300. The quantitative estimate of drug-likeness (QED) is 0.515. The first-order valence-corrected chi connectivity index (χ1v) is 9.57. The second-order valence-corrected chi connectivity index (χ2v) is 6.30. The predicted octanol–water partition coefficient (Wildman–Crippen LogP) is 2.78. The number of anilines is 4. The van der Waals surface area contributed by atoms with Crippen molar-refractivity contribution in [1.29, 1.82) is 0 Å². The number of methoxy groups -OCH3 is 1. The van der Waals surface area contributed by atoms with Crippen LogP contribution in [0.2, 0.25) is 0 Å². The van der Waals surface area contributed by atoms with E-state index in [-0.39, 0.29) is 11.6 Å². The molecule has 3 rings (SSSR count). The Morgan fingerprint density at radius 2 is 1.93 bits per heavy atom. The van der Waals surface area contributed by atoms with Gasteiger partial charge in [0.25, 0.3) is 5.91 Å². The van der Waals surface area contributed by atoms with E-state index >= 15 is 0 Å². The van der Waals surface area contributed by atoms with Gasteiger partial charge in [0.05, 0.1) is 12.8 Å². The largest absolute Gasteiger partial charge is 0.493 e. The van der Waals surface area contributed by atoms with Crippen LogP contribution in [0.3, 0.4) is 0 Å². The second-order valence-electron chi connectivity index (χ2n) is 6.30. The van der Waals surface area contributed by atoms with E-state index in [0.717, 1.165) is 12.1 Å². The Morgan fingerprint density at radius 1 is 1.10 bits per heavy atom. The SMILES string of the molecule is CCNC(=O)c1nnc(Nc2cc(CC)nc(C)n2)cc1Nc1ncccc1OC. The molecule has 0 spiro atoms. The lowest BCUT2D eigenvalue weighted by Crippen LogP contribution is -2.25. The van der Waals surface area contributed by atoms with Crippen LogP contribution in [0.5, 0.6) is 5.75 Å². The van der Waals surface area contributed by atoms with Crippen LogP contribution in [0.15, 0.2) is 30.5 Å². The number of hydrogen-bond acceptors (Lipinski definition) is 9. The molecule has 156 valence electrons. The second kappa shape index (κ2) is 9.59. The van der Waals surface area contributed by atoms with Crippen LogP contribution in [-0.2, 0) is 6.42 Å². The Balaban J connectivity index is 1.97. The number of nitrogens with one attached hydrogen (secondary N) is 3. The van der Waals surface area contributed by atoms with Crippen LogP contribution in [0, 0.1) is 6.92 Å². The molecule has 30 heavy (non-hydrogen) atoms. The molecule has 0 saturated heterocycles. The molecule has 0 unspecified atom stereocenters. The van der Waals surface area contributed by atoms with Gasteiger partial charge in [0.1, 0.15) is 11.6 Å². The van der Waals surface area contributed by atoms with Gasteiger partial charge in [-0.1, -0.05) is 6.92 Å². The van der Waals surface area contributed by atoms with Gasteiger partial charge in [0.2, 0.25) is 0 Å². The molecule has 0 aromatic carbocycles. The minimum absolute atomic E-state index is 0.142. The molecule has 10 nitrogen and oxygen atoms in total. The third-order valence-electron chi connectivity index (χ3n) is 4.10. The molecule has 10 heteroatoms. The van der Waals surface area contributed by atoms with E-state index in [1.54, 1.807) is 31.5 Å². The third kappa shape index (κ3) is 4.96. The number of carbonyl (C=O) groups is 1. The zero-order valence-corrected chi connectivity index (χ0v) is 17.4. The first-order valence-electron chi connectivity index (χ1n) is 9.57. The van der Waals surface area contributed by atoms with Crippen molar-refractivity contribution >= 4 is 29.0 Å². The van der Waals surface area contributed by atoms with Gasteiger partial charge in [-0.25, -0.2) is 15.0 Å². The minimum atomic E-state index is -0.347. The summed E-state index contributed by atoms with van der Waals surface area (Å²) in [5.74, 6) is 2.31. The average Bonchev–Trinajstić information content (AvgIpc) is 2.74. The maximum absolute atomic E-state index is 12.5. The van der Waals surface area contributed by atoms with Crippen molar-refractivity contribution in [3.8, 4) is 5.75 Å². The zero-order chi connectivity index (χ0) is 21.5. The van der Waals surface area contributed by atoms with Crippen molar-refractivity contribution < 1.29 is 9.53 Å². The number of amides is 1. The van der Waals surface area contributed by atoms with Gasteiger partial charge in [-0.05, 0) is 32.4 Å². The highest BCUT2D eigenvalue weighted by Crippen LogP contribution is 2.27. The van der Waals surface area contributed by atoms with Gasteiger partial charge in [0, 0.05) is 30.6 Å². The summed E-state index contributed by atoms with van der Waals surface area (Å²) >= 11 is 0. The van der Waals surface area contributed by atoms with Gasteiger partial charge in [-0.15, -0.1) is 10.2 Å². The number of hydrogen-bond donors (Lipinski definition) is 3. The highest BCUT2D eigenvalue weighted by Gasteiger charge is 2.17. The Kier molecular flexibility index (Phi) is 6.68. The number of carbonyl (C=O) groups excluding carboxylic acids is 1. The van der Waals surface area contributed by atoms with Crippen LogP contribution in [0.4, 0.5) is 23.1 Å². The van der Waals surface area contributed by atoms with Crippen molar-refractivity contribution in [2.75, 3.05) is 24.3 Å². The highest BCUT2D eigenvalue weighted by molar-refractivity contribution is 5.98. The summed E-state index contributed by atoms with van der Waals surface area (Å²) in [6, 6.07) is 7.05. The van der Waals surface area contributed by atoms with Crippen molar-refractivity contribution in [2.24, 2.45) is 0 Å². The summed E-state index contributed by atoms with van der Waals surface area (Å²) in [6.45, 7) is 6.15. The molecule has 3 aromatic heterocycles. The van der Waals surface area contributed by atoms with Crippen molar-refractivity contribution in [2.45, 2.75) is 27.2 Å². The number of ether oxygens (including phenoxy) is 1. The fourth-order valence-corrected chi connectivity index (χ4v) is 2.74. The van der Waals surface area contributed by atoms with Crippen molar-refractivity contribution in [3.05, 3.63) is 47.7 Å². The Hall–Kier alpha value is -3.82. The normalized spacial score (nSPS) is 10.4. The van der Waals surface area contributed by atoms with Gasteiger partial charge >= 0.3 is 0 Å². The molecule has 0 fully saturated rings. The smallest absolute Gasteiger partial charge is 0.273 e. The van der Waals surface area contributed by atoms with E-state index in [1.165, 1.54) is 0 Å². The fourth-order valence-electron chi connectivity index (χ4n) is 2.74. The summed E-state index contributed by atoms with van der Waals surface area (Å²) in [5.41, 5.74) is 1.48. The minimum Gasteiger partial charge on any atom is -0.493 e. The van der Waals surface area contributed by atoms with Crippen LogP contribution < -0.4 is 20.7 Å². The molecular weight excluding hydrogens is 384 g/mol. The first-order chi connectivity index (χ1) is 14.5. The van der Waals surface area contributed by atoms with Crippen LogP contribution in [0.1, 0.15) is 35.9 Å². The molecule has 1 amide bonds. The van der Waals surface area contributed by atoms with E-state index in [2.05, 4.69) is 41.1 Å². The summed E-state index contributed by atoms with van der Waals surface area (Å²) in [4.78, 5) is 25.5. The van der Waals surface area contributed by atoms with E-state index in [4.69, 9.17) is 4.74 Å². The Labute approximate surface area is 174 Å². The number of pyridine rings is 1. The summed E-state index contributed by atoms with van der Waals surface area (Å²) < 4.78 is 5.34. The first kappa shape index (κ1) is 20.9. The van der Waals surface area contributed by atoms with Crippen LogP contribution in [0.25, 0.3) is 0 Å². The number of rotatable bonds is 8. The monoisotopic (exact) mass is 408 g/mol. The molecule has 0 radical (unpaired) electrons. The number of aryl methyl sites for hydroxylation is 2. The molecular formula is C20H24N8O2. The van der Waals surface area contributed by atoms with E-state index in [1.807, 2.05) is 26.8 Å². The van der Waals surface area contributed by atoms with Gasteiger partial charge in [-0.3, -0.25) is 4.79 Å². The molecule has 0 saturated carbocycles. The summed E-state index contributed by atoms with van der Waals surface area (Å²) in [6.07, 6.45) is 2.41. The molecule has 0 aliphatic carbocycles. The lowest BCUT2D eigenvalue weighted by atomic mass is 10.2. The molecule has 3 aromatic rings. The molecule has 0 bridgehead atoms. The third-order valence-corrected chi connectivity index (χ3v) is 4.10. The zero-order valence-electron chi connectivity index (χ0n) is 17.4. The van der Waals surface area contributed by atoms with E-state index in [0.29, 0.717) is 41.3 Å². The van der Waals surface area contributed by atoms with Gasteiger partial charge < -0.3 is 20.7 Å². The average molecular weight is 408 g/mol. The van der Waals surface area contributed by atoms with E-state index < -0.39 is 0 Å². The van der Waals surface area contributed by atoms with E-state index in [9.17, 15) is 4.79 Å². The van der Waals surface area contributed by atoms with Crippen LogP contribution >= 0.6 is 0 Å². The predicted molar refractivity (Wildman–Crippen MR) is 114 cm³/mol. The van der Waals surface area contributed by atoms with Crippen molar-refractivity contribution in [1.82, 2.24) is 30.5 Å². The Bertz CT molecular complexity index is 1040. The highest BCUT2D eigenvalue weighted by atomic mass is 16.5. The number of nitrogens with zero attached hydrogens (tertiary/aromatic N) is 5. The van der Waals surface area contributed by atoms with Gasteiger partial charge in [0.15, 0.2) is 23.1 Å². The van der Waals surface area contributed by atoms with Crippen LogP contribution in [-0.4, -0.2) is 44.7 Å². The maximum atomic E-state index is 12.5. The summed E-state index contributed by atoms with van der Waals surface area (Å²) in [7, 11) is 1.55. The lowest BCUT2D eigenvalue weighted by Gasteiger charge is -2.14.